The first-order valence-electron chi connectivity index (χ1n) is 5.87. The molecule has 0 saturated heterocycles. The lowest BCUT2D eigenvalue weighted by atomic mass is 10.4. The number of carbonyl (C=O) groups excluding carboxylic acids is 1. The molecule has 0 N–H and O–H groups in total. The number of rotatable bonds is 5. The minimum absolute atomic E-state index is 0.162. The van der Waals surface area contributed by atoms with Gasteiger partial charge in [-0.3, -0.25) is 4.79 Å². The van der Waals surface area contributed by atoms with Gasteiger partial charge < -0.3 is 4.90 Å². The minimum atomic E-state index is -4.44. The zero-order chi connectivity index (χ0) is 15.5. The van der Waals surface area contributed by atoms with Gasteiger partial charge in [-0.05, 0) is 11.4 Å². The maximum absolute atomic E-state index is 12.5. The molecule has 2 aromatic rings. The Labute approximate surface area is 127 Å². The van der Waals surface area contributed by atoms with Gasteiger partial charge in [-0.25, -0.2) is 4.98 Å². The van der Waals surface area contributed by atoms with Crippen molar-refractivity contribution in [3.8, 4) is 9.88 Å². The number of aromatic nitrogens is 1. The van der Waals surface area contributed by atoms with Crippen molar-refractivity contribution in [2.75, 3.05) is 13.1 Å². The first kappa shape index (κ1) is 15.7. The van der Waals surface area contributed by atoms with Gasteiger partial charge in [-0.15, -0.1) is 29.3 Å². The Morgan fingerprint density at radius 1 is 1.48 bits per heavy atom. The molecule has 0 aliphatic rings. The molecule has 1 amide bonds. The number of carbonyl (C=O) groups is 1. The summed E-state index contributed by atoms with van der Waals surface area (Å²) in [4.78, 5) is 18.0. The molecule has 0 unspecified atom stereocenters. The standard InChI is InChI=1S/C13H11F3N2OS2/c1-2-5-18(8-13(14,15)16)12(19)10-7-17-11(21-10)9-4-3-6-20-9/h2-4,6-7H,1,5,8H2. The van der Waals surface area contributed by atoms with Crippen LogP contribution in [-0.2, 0) is 0 Å². The van der Waals surface area contributed by atoms with E-state index in [9.17, 15) is 18.0 Å². The van der Waals surface area contributed by atoms with Crippen LogP contribution < -0.4 is 0 Å². The monoisotopic (exact) mass is 332 g/mol. The van der Waals surface area contributed by atoms with E-state index in [1.165, 1.54) is 23.6 Å². The third-order valence-corrected chi connectivity index (χ3v) is 4.48. The first-order valence-corrected chi connectivity index (χ1v) is 7.57. The predicted molar refractivity (Wildman–Crippen MR) is 77.6 cm³/mol. The van der Waals surface area contributed by atoms with Crippen LogP contribution in [0.5, 0.6) is 0 Å². The fraction of sp³-hybridized carbons (Fsp3) is 0.231. The molecule has 0 saturated carbocycles. The van der Waals surface area contributed by atoms with Crippen molar-refractivity contribution in [2.24, 2.45) is 0 Å². The zero-order valence-corrected chi connectivity index (χ0v) is 12.4. The maximum Gasteiger partial charge on any atom is 0.406 e. The first-order chi connectivity index (χ1) is 9.90. The molecule has 0 aromatic carbocycles. The Hall–Kier alpha value is -1.67. The van der Waals surface area contributed by atoms with E-state index in [1.54, 1.807) is 0 Å². The lowest BCUT2D eigenvalue weighted by Gasteiger charge is -2.21. The maximum atomic E-state index is 12.5. The predicted octanol–water partition coefficient (Wildman–Crippen LogP) is 4.06. The highest BCUT2D eigenvalue weighted by Crippen LogP contribution is 2.29. The van der Waals surface area contributed by atoms with Gasteiger partial charge in [0.25, 0.3) is 5.91 Å². The van der Waals surface area contributed by atoms with Crippen molar-refractivity contribution in [2.45, 2.75) is 6.18 Å². The lowest BCUT2D eigenvalue weighted by molar-refractivity contribution is -0.139. The number of thiazole rings is 1. The summed E-state index contributed by atoms with van der Waals surface area (Å²) in [5.41, 5.74) is 0. The van der Waals surface area contributed by atoms with Crippen LogP contribution in [0.25, 0.3) is 9.88 Å². The zero-order valence-electron chi connectivity index (χ0n) is 10.8. The van der Waals surface area contributed by atoms with Crippen LogP contribution >= 0.6 is 22.7 Å². The van der Waals surface area contributed by atoms with Crippen molar-refractivity contribution in [3.63, 3.8) is 0 Å². The van der Waals surface area contributed by atoms with E-state index in [4.69, 9.17) is 0 Å². The smallest absolute Gasteiger partial charge is 0.325 e. The van der Waals surface area contributed by atoms with Crippen molar-refractivity contribution >= 4 is 28.6 Å². The average Bonchev–Trinajstić information content (AvgIpc) is 3.06. The van der Waals surface area contributed by atoms with Crippen LogP contribution in [0, 0.1) is 0 Å². The Balaban J connectivity index is 2.19. The summed E-state index contributed by atoms with van der Waals surface area (Å²) >= 11 is 2.54. The summed E-state index contributed by atoms with van der Waals surface area (Å²) in [7, 11) is 0. The molecule has 21 heavy (non-hydrogen) atoms. The molecular formula is C13H11F3N2OS2. The highest BCUT2D eigenvalue weighted by molar-refractivity contribution is 7.21. The van der Waals surface area contributed by atoms with E-state index in [2.05, 4.69) is 11.6 Å². The number of hydrogen-bond acceptors (Lipinski definition) is 4. The molecule has 0 atom stereocenters. The molecule has 8 heteroatoms. The molecule has 0 bridgehead atoms. The second-order valence-electron chi connectivity index (χ2n) is 4.10. The number of nitrogens with zero attached hydrogens (tertiary/aromatic N) is 2. The van der Waals surface area contributed by atoms with E-state index >= 15 is 0 Å². The molecule has 2 aromatic heterocycles. The average molecular weight is 332 g/mol. The summed E-state index contributed by atoms with van der Waals surface area (Å²) in [6, 6.07) is 3.69. The Kier molecular flexibility index (Phi) is 4.79. The highest BCUT2D eigenvalue weighted by Gasteiger charge is 2.33. The van der Waals surface area contributed by atoms with Crippen molar-refractivity contribution in [1.82, 2.24) is 9.88 Å². The van der Waals surface area contributed by atoms with Crippen molar-refractivity contribution in [3.05, 3.63) is 41.2 Å². The minimum Gasteiger partial charge on any atom is -0.325 e. The van der Waals surface area contributed by atoms with Gasteiger partial charge in [0, 0.05) is 6.54 Å². The molecule has 3 nitrogen and oxygen atoms in total. The van der Waals surface area contributed by atoms with Crippen LogP contribution in [0.1, 0.15) is 9.67 Å². The molecule has 112 valence electrons. The molecule has 0 aliphatic carbocycles. The summed E-state index contributed by atoms with van der Waals surface area (Å²) in [5, 5.41) is 2.49. The third-order valence-electron chi connectivity index (χ3n) is 2.46. The van der Waals surface area contributed by atoms with Crippen LogP contribution in [0.4, 0.5) is 13.2 Å². The number of halogens is 3. The number of amides is 1. The van der Waals surface area contributed by atoms with Crippen LogP contribution in [0.3, 0.4) is 0 Å². The van der Waals surface area contributed by atoms with Crippen LogP contribution in [-0.4, -0.2) is 35.1 Å². The Morgan fingerprint density at radius 3 is 2.81 bits per heavy atom. The molecule has 0 aliphatic heterocycles. The van der Waals surface area contributed by atoms with Gasteiger partial charge in [0.1, 0.15) is 16.4 Å². The summed E-state index contributed by atoms with van der Waals surface area (Å²) < 4.78 is 37.5. The quantitative estimate of drug-likeness (QED) is 0.774. The number of hydrogen-bond donors (Lipinski definition) is 0. The van der Waals surface area contributed by atoms with Crippen molar-refractivity contribution < 1.29 is 18.0 Å². The third kappa shape index (κ3) is 4.15. The van der Waals surface area contributed by atoms with Gasteiger partial charge in [-0.1, -0.05) is 12.1 Å². The molecular weight excluding hydrogens is 321 g/mol. The largest absolute Gasteiger partial charge is 0.406 e. The van der Waals surface area contributed by atoms with Gasteiger partial charge in [0.2, 0.25) is 0 Å². The van der Waals surface area contributed by atoms with E-state index in [0.717, 1.165) is 16.2 Å². The summed E-state index contributed by atoms with van der Waals surface area (Å²) in [5.74, 6) is -0.687. The molecule has 0 spiro atoms. The second-order valence-corrected chi connectivity index (χ2v) is 6.07. The van der Waals surface area contributed by atoms with E-state index in [-0.39, 0.29) is 11.4 Å². The van der Waals surface area contributed by atoms with Gasteiger partial charge in [0.05, 0.1) is 11.1 Å². The highest BCUT2D eigenvalue weighted by atomic mass is 32.1. The normalized spacial score (nSPS) is 11.4. The SMILES string of the molecule is C=CCN(CC(F)(F)F)C(=O)c1cnc(-c2cccs2)s1. The Morgan fingerprint density at radius 2 is 2.24 bits per heavy atom. The second kappa shape index (κ2) is 6.40. The van der Waals surface area contributed by atoms with E-state index in [0.29, 0.717) is 9.91 Å². The topological polar surface area (TPSA) is 33.2 Å². The Bertz CT molecular complexity index is 620. The lowest BCUT2D eigenvalue weighted by Crippen LogP contribution is -2.38. The van der Waals surface area contributed by atoms with Gasteiger partial charge in [0.15, 0.2) is 0 Å². The summed E-state index contributed by atoms with van der Waals surface area (Å²) in [6.45, 7) is 1.92. The fourth-order valence-corrected chi connectivity index (χ4v) is 3.32. The molecule has 2 heterocycles. The van der Waals surface area contributed by atoms with Crippen LogP contribution in [0.15, 0.2) is 36.4 Å². The fourth-order valence-electron chi connectivity index (χ4n) is 1.63. The molecule has 2 rings (SSSR count). The van der Waals surface area contributed by atoms with E-state index in [1.807, 2.05) is 17.5 Å². The van der Waals surface area contributed by atoms with Crippen LogP contribution in [0.2, 0.25) is 0 Å². The van der Waals surface area contributed by atoms with Crippen molar-refractivity contribution in [1.29, 1.82) is 0 Å². The molecule has 0 radical (unpaired) electrons. The molecule has 0 fully saturated rings. The number of alkyl halides is 3. The van der Waals surface area contributed by atoms with Gasteiger partial charge in [-0.2, -0.15) is 13.2 Å². The van der Waals surface area contributed by atoms with Gasteiger partial charge >= 0.3 is 6.18 Å². The van der Waals surface area contributed by atoms with E-state index < -0.39 is 18.6 Å². The number of thiophene rings is 1. The summed E-state index contributed by atoms with van der Waals surface area (Å²) in [6.07, 6.45) is -1.86.